The molecule has 2 aliphatic rings. The van der Waals surface area contributed by atoms with E-state index in [0.717, 1.165) is 16.5 Å². The zero-order valence-electron chi connectivity index (χ0n) is 18.1. The Kier molecular flexibility index (Phi) is 4.65. The number of amides is 5. The van der Waals surface area contributed by atoms with E-state index < -0.39 is 17.5 Å². The zero-order valence-corrected chi connectivity index (χ0v) is 18.1. The topological polar surface area (TPSA) is 97.5 Å². The Morgan fingerprint density at radius 1 is 1.00 bits per heavy atom. The van der Waals surface area contributed by atoms with Gasteiger partial charge >= 0.3 is 12.1 Å². The number of aromatic amines is 1. The van der Waals surface area contributed by atoms with Crippen molar-refractivity contribution >= 4 is 34.6 Å². The number of hydrogen-bond acceptors (Lipinski definition) is 3. The van der Waals surface area contributed by atoms with Gasteiger partial charge < -0.3 is 20.5 Å². The smallest absolute Gasteiger partial charge is 0.328 e. The molecule has 164 valence electrons. The summed E-state index contributed by atoms with van der Waals surface area (Å²) in [6, 6.07) is 14.3. The van der Waals surface area contributed by atoms with Crippen LogP contribution in [-0.2, 0) is 16.8 Å². The first-order valence-corrected chi connectivity index (χ1v) is 10.9. The molecule has 3 N–H and O–H groups in total. The van der Waals surface area contributed by atoms with E-state index in [2.05, 4.69) is 15.6 Å². The molecule has 3 aromatic rings. The third-order valence-electron chi connectivity index (χ3n) is 6.32. The van der Waals surface area contributed by atoms with E-state index >= 15 is 0 Å². The molecular formula is C24H25N5O3. The molecule has 0 bridgehead atoms. The Labute approximate surface area is 185 Å². The largest absolute Gasteiger partial charge is 0.355 e. The molecule has 2 aromatic carbocycles. The maximum atomic E-state index is 14.2. The van der Waals surface area contributed by atoms with Gasteiger partial charge in [0.1, 0.15) is 0 Å². The third kappa shape index (κ3) is 2.52. The van der Waals surface area contributed by atoms with Gasteiger partial charge in [-0.05, 0) is 38.0 Å². The standard InChI is InChI=1S/C24H25N5O3/c1-3-25-22(31)28-14-13-16-15-9-5-7-11-18(15)27-20(16)24(28)17-10-6-8-12-19(17)29(21(24)30)23(32)26-4-2/h5-12,27H,3-4,13-14H2,1-2H3,(H,25,31)(H,26,32)/t24-/m0/s1. The van der Waals surface area contributed by atoms with Crippen LogP contribution in [0.4, 0.5) is 15.3 Å². The number of benzene rings is 2. The predicted molar refractivity (Wildman–Crippen MR) is 122 cm³/mol. The molecule has 0 radical (unpaired) electrons. The number of para-hydroxylation sites is 2. The fraction of sp³-hybridized carbons (Fsp3) is 0.292. The first-order valence-electron chi connectivity index (χ1n) is 10.9. The molecule has 0 unspecified atom stereocenters. The number of carbonyl (C=O) groups excluding carboxylic acids is 3. The van der Waals surface area contributed by atoms with Gasteiger partial charge in [-0.1, -0.05) is 36.4 Å². The summed E-state index contributed by atoms with van der Waals surface area (Å²) >= 11 is 0. The maximum Gasteiger partial charge on any atom is 0.328 e. The second-order valence-electron chi connectivity index (χ2n) is 7.96. The second kappa shape index (κ2) is 7.40. The number of hydrogen-bond donors (Lipinski definition) is 3. The Hall–Kier alpha value is -3.81. The summed E-state index contributed by atoms with van der Waals surface area (Å²) in [5.74, 6) is -0.455. The normalized spacial score (nSPS) is 19.2. The van der Waals surface area contributed by atoms with Gasteiger partial charge in [0.2, 0.25) is 0 Å². The van der Waals surface area contributed by atoms with Gasteiger partial charge in [0.15, 0.2) is 5.54 Å². The van der Waals surface area contributed by atoms with E-state index in [1.807, 2.05) is 43.3 Å². The molecule has 0 fully saturated rings. The number of H-pyrrole nitrogens is 1. The summed E-state index contributed by atoms with van der Waals surface area (Å²) < 4.78 is 0. The number of aromatic nitrogens is 1. The number of nitrogens with zero attached hydrogens (tertiary/aromatic N) is 2. The number of fused-ring (bicyclic) bond motifs is 6. The third-order valence-corrected chi connectivity index (χ3v) is 6.32. The first kappa shape index (κ1) is 20.1. The maximum absolute atomic E-state index is 14.2. The number of imide groups is 1. The molecule has 8 nitrogen and oxygen atoms in total. The monoisotopic (exact) mass is 431 g/mol. The van der Waals surface area contributed by atoms with Crippen LogP contribution >= 0.6 is 0 Å². The first-order chi connectivity index (χ1) is 15.6. The minimum absolute atomic E-state index is 0.335. The fourth-order valence-corrected chi connectivity index (χ4v) is 5.09. The van der Waals surface area contributed by atoms with Crippen molar-refractivity contribution in [1.29, 1.82) is 0 Å². The van der Waals surface area contributed by atoms with E-state index in [0.29, 0.717) is 43.0 Å². The highest BCUT2D eigenvalue weighted by molar-refractivity contribution is 6.24. The minimum atomic E-state index is -1.45. The minimum Gasteiger partial charge on any atom is -0.355 e. The lowest BCUT2D eigenvalue weighted by Gasteiger charge is -2.43. The molecule has 32 heavy (non-hydrogen) atoms. The van der Waals surface area contributed by atoms with E-state index in [1.165, 1.54) is 4.90 Å². The van der Waals surface area contributed by atoms with Gasteiger partial charge in [-0.3, -0.25) is 4.79 Å². The molecule has 2 aliphatic heterocycles. The fourth-order valence-electron chi connectivity index (χ4n) is 5.09. The van der Waals surface area contributed by atoms with Crippen LogP contribution in [0.3, 0.4) is 0 Å². The summed E-state index contributed by atoms with van der Waals surface area (Å²) in [6.45, 7) is 4.81. The van der Waals surface area contributed by atoms with Crippen molar-refractivity contribution in [3.05, 3.63) is 65.4 Å². The van der Waals surface area contributed by atoms with Crippen LogP contribution in [0.15, 0.2) is 48.5 Å². The Balaban J connectivity index is 1.83. The molecule has 8 heteroatoms. The number of anilines is 1. The summed E-state index contributed by atoms with van der Waals surface area (Å²) in [5, 5.41) is 6.62. The van der Waals surface area contributed by atoms with Crippen molar-refractivity contribution in [2.45, 2.75) is 25.8 Å². The Morgan fingerprint density at radius 2 is 1.69 bits per heavy atom. The van der Waals surface area contributed by atoms with Crippen LogP contribution < -0.4 is 15.5 Å². The van der Waals surface area contributed by atoms with E-state index in [9.17, 15) is 14.4 Å². The van der Waals surface area contributed by atoms with Crippen LogP contribution in [0.2, 0.25) is 0 Å². The highest BCUT2D eigenvalue weighted by Crippen LogP contribution is 2.52. The summed E-state index contributed by atoms with van der Waals surface area (Å²) in [6.07, 6.45) is 0.606. The lowest BCUT2D eigenvalue weighted by atomic mass is 9.80. The van der Waals surface area contributed by atoms with Gasteiger partial charge in [0.05, 0.1) is 11.4 Å². The van der Waals surface area contributed by atoms with Crippen molar-refractivity contribution in [2.75, 3.05) is 24.5 Å². The lowest BCUT2D eigenvalue weighted by molar-refractivity contribution is -0.126. The summed E-state index contributed by atoms with van der Waals surface area (Å²) in [7, 11) is 0. The van der Waals surface area contributed by atoms with Gasteiger partial charge in [0.25, 0.3) is 5.91 Å². The Bertz CT molecular complexity index is 1250. The molecule has 0 saturated heterocycles. The molecule has 5 amide bonds. The van der Waals surface area contributed by atoms with Crippen LogP contribution in [0.1, 0.15) is 30.7 Å². The molecule has 5 rings (SSSR count). The Morgan fingerprint density at radius 3 is 2.47 bits per heavy atom. The molecule has 1 spiro atoms. The van der Waals surface area contributed by atoms with Crippen molar-refractivity contribution < 1.29 is 14.4 Å². The highest BCUT2D eigenvalue weighted by atomic mass is 16.2. The van der Waals surface area contributed by atoms with E-state index in [-0.39, 0.29) is 6.03 Å². The van der Waals surface area contributed by atoms with Gasteiger partial charge in [0, 0.05) is 36.1 Å². The molecule has 1 atom stereocenters. The quantitative estimate of drug-likeness (QED) is 0.582. The van der Waals surface area contributed by atoms with Crippen molar-refractivity contribution in [1.82, 2.24) is 20.5 Å². The van der Waals surface area contributed by atoms with Gasteiger partial charge in [-0.25, -0.2) is 14.5 Å². The van der Waals surface area contributed by atoms with Gasteiger partial charge in [-0.2, -0.15) is 0 Å². The molecule has 1 aromatic heterocycles. The average Bonchev–Trinajstić information content (AvgIpc) is 3.29. The van der Waals surface area contributed by atoms with Gasteiger partial charge in [-0.15, -0.1) is 0 Å². The number of urea groups is 2. The second-order valence-corrected chi connectivity index (χ2v) is 7.96. The molecule has 0 aliphatic carbocycles. The van der Waals surface area contributed by atoms with Crippen molar-refractivity contribution in [3.63, 3.8) is 0 Å². The highest BCUT2D eigenvalue weighted by Gasteiger charge is 2.62. The SMILES string of the molecule is CCNC(=O)N1C(=O)[C@]2(c3ccccc31)c1[nH]c3ccccc3c1CCN2C(=O)NCC. The molecule has 0 saturated carbocycles. The average molecular weight is 431 g/mol. The predicted octanol–water partition coefficient (Wildman–Crippen LogP) is 3.08. The number of carbonyl (C=O) groups is 3. The lowest BCUT2D eigenvalue weighted by Crippen LogP contribution is -2.62. The van der Waals surface area contributed by atoms with Crippen LogP contribution in [0.25, 0.3) is 10.9 Å². The molecular weight excluding hydrogens is 406 g/mol. The summed E-state index contributed by atoms with van der Waals surface area (Å²) in [5.41, 5.74) is 2.21. The van der Waals surface area contributed by atoms with Crippen LogP contribution in [0.5, 0.6) is 0 Å². The van der Waals surface area contributed by atoms with E-state index in [1.54, 1.807) is 24.0 Å². The van der Waals surface area contributed by atoms with Crippen molar-refractivity contribution in [3.8, 4) is 0 Å². The number of rotatable bonds is 2. The van der Waals surface area contributed by atoms with Crippen LogP contribution in [0, 0.1) is 0 Å². The molecule has 3 heterocycles. The van der Waals surface area contributed by atoms with E-state index in [4.69, 9.17) is 0 Å². The number of nitrogens with one attached hydrogen (secondary N) is 3. The van der Waals surface area contributed by atoms with Crippen molar-refractivity contribution in [2.24, 2.45) is 0 Å². The summed E-state index contributed by atoms with van der Waals surface area (Å²) in [4.78, 5) is 46.7. The zero-order chi connectivity index (χ0) is 22.5. The van der Waals surface area contributed by atoms with Crippen LogP contribution in [-0.4, -0.2) is 47.5 Å².